The number of hydrogen-bond acceptors (Lipinski definition) is 3. The van der Waals surface area contributed by atoms with Gasteiger partial charge in [0.15, 0.2) is 17.5 Å². The van der Waals surface area contributed by atoms with Crippen molar-refractivity contribution >= 4 is 47.2 Å². The maximum Gasteiger partial charge on any atom is 0.193 e. The van der Waals surface area contributed by atoms with Crippen molar-refractivity contribution in [1.82, 2.24) is 0 Å². The van der Waals surface area contributed by atoms with Gasteiger partial charge in [-0.15, -0.1) is 24.0 Å². The van der Waals surface area contributed by atoms with Gasteiger partial charge in [-0.05, 0) is 48.6 Å². The van der Waals surface area contributed by atoms with E-state index in [1.807, 2.05) is 36.4 Å². The molecular weight excluding hydrogens is 465 g/mol. The van der Waals surface area contributed by atoms with Crippen LogP contribution < -0.4 is 20.5 Å². The largest absolute Gasteiger partial charge is 0.493 e. The third-order valence-electron chi connectivity index (χ3n) is 4.41. The van der Waals surface area contributed by atoms with Crippen LogP contribution in [0.25, 0.3) is 0 Å². The van der Waals surface area contributed by atoms with E-state index in [0.29, 0.717) is 23.4 Å². The van der Waals surface area contributed by atoms with E-state index in [1.165, 1.54) is 5.56 Å². The molecule has 0 aromatic heterocycles. The highest BCUT2D eigenvalue weighted by atomic mass is 127. The Morgan fingerprint density at radius 1 is 1.12 bits per heavy atom. The van der Waals surface area contributed by atoms with E-state index in [-0.39, 0.29) is 30.0 Å². The van der Waals surface area contributed by atoms with Crippen molar-refractivity contribution < 1.29 is 9.47 Å². The first kappa shape index (κ1) is 20.6. The number of guanidine groups is 1. The average Bonchev–Trinajstić information content (AvgIpc) is 2.57. The van der Waals surface area contributed by atoms with Crippen LogP contribution in [0, 0.1) is 0 Å². The number of nitrogens with zero attached hydrogens (tertiary/aromatic N) is 1. The number of halogens is 2. The van der Waals surface area contributed by atoms with Gasteiger partial charge in [0.1, 0.15) is 0 Å². The van der Waals surface area contributed by atoms with Crippen LogP contribution in [0.5, 0.6) is 11.5 Å². The normalized spacial score (nSPS) is 19.1. The van der Waals surface area contributed by atoms with Gasteiger partial charge in [0.25, 0.3) is 0 Å². The van der Waals surface area contributed by atoms with E-state index in [4.69, 9.17) is 26.8 Å². The molecule has 0 amide bonds. The van der Waals surface area contributed by atoms with E-state index < -0.39 is 0 Å². The molecule has 2 aromatic rings. The molecule has 7 heteroatoms. The third kappa shape index (κ3) is 4.94. The molecule has 0 radical (unpaired) electrons. The molecule has 140 valence electrons. The Bertz CT molecular complexity index is 779. The van der Waals surface area contributed by atoms with Gasteiger partial charge in [-0.2, -0.15) is 0 Å². The highest BCUT2D eigenvalue weighted by Crippen LogP contribution is 2.39. The molecule has 26 heavy (non-hydrogen) atoms. The Balaban J connectivity index is 0.00000243. The molecule has 1 aliphatic rings. The molecule has 0 spiro atoms. The first-order valence-electron chi connectivity index (χ1n) is 8.17. The zero-order valence-electron chi connectivity index (χ0n) is 14.7. The monoisotopic (exact) mass is 487 g/mol. The Morgan fingerprint density at radius 2 is 1.85 bits per heavy atom. The van der Waals surface area contributed by atoms with Crippen LogP contribution in [0.2, 0.25) is 5.02 Å². The Hall–Kier alpha value is -1.67. The van der Waals surface area contributed by atoms with E-state index in [0.717, 1.165) is 23.6 Å². The minimum absolute atomic E-state index is 0. The summed E-state index contributed by atoms with van der Waals surface area (Å²) in [5.41, 5.74) is 8.11. The van der Waals surface area contributed by atoms with Crippen molar-refractivity contribution in [3.63, 3.8) is 0 Å². The topological polar surface area (TPSA) is 68.9 Å². The molecular formula is C19H23ClIN3O2. The first-order chi connectivity index (χ1) is 12.1. The van der Waals surface area contributed by atoms with Gasteiger partial charge in [-0.3, -0.25) is 0 Å². The number of methoxy groups -OCH3 is 2. The molecule has 2 aromatic carbocycles. The predicted octanol–water partition coefficient (Wildman–Crippen LogP) is 4.65. The molecule has 3 N–H and O–H groups in total. The molecule has 0 heterocycles. The van der Waals surface area contributed by atoms with Gasteiger partial charge < -0.3 is 20.5 Å². The summed E-state index contributed by atoms with van der Waals surface area (Å²) in [6, 6.07) is 13.8. The highest BCUT2D eigenvalue weighted by Gasteiger charge is 2.30. The van der Waals surface area contributed by atoms with Crippen LogP contribution in [-0.4, -0.2) is 26.2 Å². The zero-order valence-corrected chi connectivity index (χ0v) is 17.8. The summed E-state index contributed by atoms with van der Waals surface area (Å²) in [7, 11) is 3.21. The summed E-state index contributed by atoms with van der Waals surface area (Å²) in [5.74, 6) is 2.22. The molecule has 5 nitrogen and oxygen atoms in total. The summed E-state index contributed by atoms with van der Waals surface area (Å²) in [6.45, 7) is 0. The summed E-state index contributed by atoms with van der Waals surface area (Å²) in [5, 5.41) is 3.88. The molecule has 0 aliphatic heterocycles. The van der Waals surface area contributed by atoms with Crippen molar-refractivity contribution in [3.8, 4) is 11.5 Å². The number of benzene rings is 2. The fourth-order valence-corrected chi connectivity index (χ4v) is 3.22. The molecule has 3 rings (SSSR count). The lowest BCUT2D eigenvalue weighted by molar-refractivity contribution is 0.353. The summed E-state index contributed by atoms with van der Waals surface area (Å²) < 4.78 is 10.5. The molecule has 1 aliphatic carbocycles. The van der Waals surface area contributed by atoms with Crippen molar-refractivity contribution in [1.29, 1.82) is 0 Å². The Labute approximate surface area is 175 Å². The second-order valence-corrected chi connectivity index (χ2v) is 6.52. The molecule has 0 bridgehead atoms. The van der Waals surface area contributed by atoms with Crippen LogP contribution in [0.4, 0.5) is 5.69 Å². The van der Waals surface area contributed by atoms with Crippen molar-refractivity contribution in [2.75, 3.05) is 19.5 Å². The smallest absolute Gasteiger partial charge is 0.193 e. The fraction of sp³-hybridized carbons (Fsp3) is 0.316. The van der Waals surface area contributed by atoms with Crippen molar-refractivity contribution in [3.05, 3.63) is 53.1 Å². The van der Waals surface area contributed by atoms with Crippen LogP contribution >= 0.6 is 35.6 Å². The van der Waals surface area contributed by atoms with E-state index in [9.17, 15) is 0 Å². The number of aliphatic imine (C=N–C) groups is 1. The second-order valence-electron chi connectivity index (χ2n) is 6.09. The number of ether oxygens (including phenoxy) is 2. The lowest BCUT2D eigenvalue weighted by atomic mass is 9.76. The van der Waals surface area contributed by atoms with Crippen LogP contribution in [0.3, 0.4) is 0 Å². The maximum absolute atomic E-state index is 6.05. The van der Waals surface area contributed by atoms with Crippen LogP contribution in [0.1, 0.15) is 24.3 Å². The second kappa shape index (κ2) is 9.32. The van der Waals surface area contributed by atoms with E-state index in [2.05, 4.69) is 16.4 Å². The van der Waals surface area contributed by atoms with Crippen molar-refractivity contribution in [2.45, 2.75) is 24.8 Å². The number of anilines is 1. The van der Waals surface area contributed by atoms with Crippen LogP contribution in [0.15, 0.2) is 47.5 Å². The number of rotatable bonds is 5. The standard InChI is InChI=1S/C19H22ClN3O2.HI/c1-24-17-7-6-15(11-18(17)25-2)22-19(21)23-16-9-13(10-16)12-4-3-5-14(20)8-12;/h3-8,11,13,16H,9-10H2,1-2H3,(H3,21,22,23);1H. The molecule has 0 saturated heterocycles. The lowest BCUT2D eigenvalue weighted by Crippen LogP contribution is -2.31. The molecule has 0 atom stereocenters. The number of hydrogen-bond donors (Lipinski definition) is 2. The summed E-state index contributed by atoms with van der Waals surface area (Å²) >= 11 is 6.05. The van der Waals surface area contributed by atoms with Gasteiger partial charge in [0.2, 0.25) is 0 Å². The predicted molar refractivity (Wildman–Crippen MR) is 117 cm³/mol. The minimum atomic E-state index is 0. The molecule has 1 fully saturated rings. The van der Waals surface area contributed by atoms with E-state index >= 15 is 0 Å². The molecule has 0 unspecified atom stereocenters. The Morgan fingerprint density at radius 3 is 2.50 bits per heavy atom. The highest BCUT2D eigenvalue weighted by molar-refractivity contribution is 14.0. The fourth-order valence-electron chi connectivity index (χ4n) is 3.02. The van der Waals surface area contributed by atoms with Gasteiger partial charge in [-0.25, -0.2) is 4.99 Å². The summed E-state index contributed by atoms with van der Waals surface area (Å²) in [6.07, 6.45) is 1.96. The third-order valence-corrected chi connectivity index (χ3v) is 4.65. The van der Waals surface area contributed by atoms with Gasteiger partial charge in [0.05, 0.1) is 20.3 Å². The first-order valence-corrected chi connectivity index (χ1v) is 8.54. The number of nitrogens with one attached hydrogen (secondary N) is 1. The quantitative estimate of drug-likeness (QED) is 0.366. The van der Waals surface area contributed by atoms with Gasteiger partial charge in [-0.1, -0.05) is 23.7 Å². The Kier molecular flexibility index (Phi) is 7.40. The zero-order chi connectivity index (χ0) is 17.8. The van der Waals surface area contributed by atoms with Gasteiger partial charge >= 0.3 is 0 Å². The van der Waals surface area contributed by atoms with Gasteiger partial charge in [0, 0.05) is 16.8 Å². The minimum Gasteiger partial charge on any atom is -0.493 e. The summed E-state index contributed by atoms with van der Waals surface area (Å²) in [4.78, 5) is 4.55. The SMILES string of the molecule is COc1ccc(NC(N)=NC2CC(c3cccc(Cl)c3)C2)cc1OC.I. The lowest BCUT2D eigenvalue weighted by Gasteiger charge is -2.33. The van der Waals surface area contributed by atoms with Crippen molar-refractivity contribution in [2.24, 2.45) is 10.7 Å². The average molecular weight is 488 g/mol. The maximum atomic E-state index is 6.05. The number of nitrogens with two attached hydrogens (primary N) is 1. The van der Waals surface area contributed by atoms with E-state index in [1.54, 1.807) is 14.2 Å². The molecule has 1 saturated carbocycles. The van der Waals surface area contributed by atoms with Crippen LogP contribution in [-0.2, 0) is 0 Å².